The Balaban J connectivity index is 1.59. The van der Waals surface area contributed by atoms with Crippen molar-refractivity contribution in [1.29, 1.82) is 0 Å². The molecule has 6 heteroatoms. The van der Waals surface area contributed by atoms with Crippen LogP contribution in [0, 0.1) is 0 Å². The van der Waals surface area contributed by atoms with Gasteiger partial charge in [-0.3, -0.25) is 9.59 Å². The molecule has 0 radical (unpaired) electrons. The molecule has 2 heterocycles. The van der Waals surface area contributed by atoms with Crippen LogP contribution in [0.3, 0.4) is 0 Å². The first-order chi connectivity index (χ1) is 13.5. The Bertz CT molecular complexity index is 1110. The summed E-state index contributed by atoms with van der Waals surface area (Å²) in [5, 5.41) is 5.03. The van der Waals surface area contributed by atoms with E-state index < -0.39 is 11.8 Å². The van der Waals surface area contributed by atoms with Gasteiger partial charge in [0.2, 0.25) is 0 Å². The van der Waals surface area contributed by atoms with Crippen molar-refractivity contribution < 1.29 is 14.0 Å². The highest BCUT2D eigenvalue weighted by molar-refractivity contribution is 9.10. The Hall–Kier alpha value is -3.25. The SMILES string of the molecule is CC1=NN(C(=O)c2ccccc2)C(=O)/C1=C/c1ccc(-c2ccc(Br)cc2)o1. The molecule has 3 aromatic rings. The Morgan fingerprint density at radius 1 is 1.04 bits per heavy atom. The number of benzene rings is 2. The van der Waals surface area contributed by atoms with Gasteiger partial charge in [-0.2, -0.15) is 10.1 Å². The topological polar surface area (TPSA) is 62.9 Å². The number of hydrogen-bond acceptors (Lipinski definition) is 4. The smallest absolute Gasteiger partial charge is 0.283 e. The first kappa shape index (κ1) is 18.1. The van der Waals surface area contributed by atoms with E-state index in [-0.39, 0.29) is 0 Å². The van der Waals surface area contributed by atoms with Gasteiger partial charge in [0, 0.05) is 15.6 Å². The number of furan rings is 1. The average molecular weight is 435 g/mol. The number of nitrogens with zero attached hydrogens (tertiary/aromatic N) is 2. The van der Waals surface area contributed by atoms with Gasteiger partial charge in [0.25, 0.3) is 11.8 Å². The van der Waals surface area contributed by atoms with Crippen molar-refractivity contribution in [2.24, 2.45) is 5.10 Å². The number of hydrazone groups is 1. The molecule has 0 saturated carbocycles. The van der Waals surface area contributed by atoms with Gasteiger partial charge in [-0.05, 0) is 49.4 Å². The van der Waals surface area contributed by atoms with Gasteiger partial charge in [-0.15, -0.1) is 0 Å². The normalized spacial score (nSPS) is 15.2. The van der Waals surface area contributed by atoms with E-state index in [1.165, 1.54) is 0 Å². The average Bonchev–Trinajstić information content (AvgIpc) is 3.29. The van der Waals surface area contributed by atoms with Crippen LogP contribution < -0.4 is 0 Å². The zero-order valence-corrected chi connectivity index (χ0v) is 16.5. The molecule has 0 saturated heterocycles. The molecule has 0 bridgehead atoms. The van der Waals surface area contributed by atoms with Gasteiger partial charge < -0.3 is 4.42 Å². The van der Waals surface area contributed by atoms with Gasteiger partial charge in [0.15, 0.2) is 0 Å². The predicted octanol–water partition coefficient (Wildman–Crippen LogP) is 5.15. The highest BCUT2D eigenvalue weighted by Gasteiger charge is 2.33. The molecule has 2 aromatic carbocycles. The number of halogens is 1. The van der Waals surface area contributed by atoms with Crippen LogP contribution in [0.2, 0.25) is 0 Å². The van der Waals surface area contributed by atoms with Crippen molar-refractivity contribution in [3.8, 4) is 11.3 Å². The molecule has 1 aliphatic rings. The van der Waals surface area contributed by atoms with Crippen molar-refractivity contribution in [2.75, 3.05) is 0 Å². The van der Waals surface area contributed by atoms with E-state index in [0.29, 0.717) is 28.4 Å². The molecule has 0 unspecified atom stereocenters. The predicted molar refractivity (Wildman–Crippen MR) is 111 cm³/mol. The molecule has 0 aliphatic carbocycles. The van der Waals surface area contributed by atoms with Gasteiger partial charge in [0.05, 0.1) is 11.3 Å². The molecular weight excluding hydrogens is 420 g/mol. The molecule has 2 amide bonds. The molecule has 1 aromatic heterocycles. The molecule has 0 atom stereocenters. The molecule has 28 heavy (non-hydrogen) atoms. The first-order valence-electron chi connectivity index (χ1n) is 8.60. The fourth-order valence-corrected chi connectivity index (χ4v) is 3.13. The Morgan fingerprint density at radius 3 is 2.46 bits per heavy atom. The number of rotatable bonds is 3. The lowest BCUT2D eigenvalue weighted by atomic mass is 10.1. The third kappa shape index (κ3) is 3.46. The second-order valence-corrected chi connectivity index (χ2v) is 7.16. The summed E-state index contributed by atoms with van der Waals surface area (Å²) in [5.41, 5.74) is 2.14. The van der Waals surface area contributed by atoms with Gasteiger partial charge in [-0.1, -0.05) is 46.3 Å². The summed E-state index contributed by atoms with van der Waals surface area (Å²) in [4.78, 5) is 25.3. The van der Waals surface area contributed by atoms with Crippen molar-refractivity contribution in [1.82, 2.24) is 5.01 Å². The lowest BCUT2D eigenvalue weighted by Gasteiger charge is -2.09. The van der Waals surface area contributed by atoms with Crippen LogP contribution in [0.25, 0.3) is 17.4 Å². The number of amides is 2. The van der Waals surface area contributed by atoms with Gasteiger partial charge in [0.1, 0.15) is 11.5 Å². The van der Waals surface area contributed by atoms with Gasteiger partial charge in [-0.25, -0.2) is 0 Å². The second kappa shape index (κ2) is 7.40. The molecular formula is C22H15BrN2O3. The quantitative estimate of drug-likeness (QED) is 0.422. The van der Waals surface area contributed by atoms with E-state index in [1.54, 1.807) is 43.3 Å². The number of carbonyl (C=O) groups excluding carboxylic acids is 2. The monoisotopic (exact) mass is 434 g/mol. The summed E-state index contributed by atoms with van der Waals surface area (Å²) in [6.45, 7) is 1.70. The Morgan fingerprint density at radius 2 is 1.75 bits per heavy atom. The minimum absolute atomic E-state index is 0.334. The maximum atomic E-state index is 12.7. The van der Waals surface area contributed by atoms with E-state index in [2.05, 4.69) is 21.0 Å². The summed E-state index contributed by atoms with van der Waals surface area (Å²) in [6, 6.07) is 20.0. The van der Waals surface area contributed by atoms with Crippen LogP contribution >= 0.6 is 15.9 Å². The van der Waals surface area contributed by atoms with Crippen LogP contribution in [-0.4, -0.2) is 22.5 Å². The van der Waals surface area contributed by atoms with Crippen LogP contribution in [0.5, 0.6) is 0 Å². The third-order valence-corrected chi connectivity index (χ3v) is 4.85. The van der Waals surface area contributed by atoms with Crippen molar-refractivity contribution in [2.45, 2.75) is 6.92 Å². The maximum Gasteiger partial charge on any atom is 0.283 e. The number of carbonyl (C=O) groups is 2. The standard InChI is InChI=1S/C22H15BrN2O3/c1-14-19(22(27)25(24-14)21(26)16-5-3-2-4-6-16)13-18-11-12-20(28-18)15-7-9-17(23)10-8-15/h2-13H,1H3/b19-13+. The lowest BCUT2D eigenvalue weighted by molar-refractivity contribution is -0.123. The van der Waals surface area contributed by atoms with Crippen LogP contribution in [0.4, 0.5) is 0 Å². The van der Waals surface area contributed by atoms with Crippen molar-refractivity contribution in [3.63, 3.8) is 0 Å². The Kier molecular flexibility index (Phi) is 4.79. The van der Waals surface area contributed by atoms with Crippen LogP contribution in [0.15, 0.2) is 86.3 Å². The minimum atomic E-state index is -0.465. The summed E-state index contributed by atoms with van der Waals surface area (Å²) in [6.07, 6.45) is 1.61. The van der Waals surface area contributed by atoms with E-state index in [0.717, 1.165) is 15.0 Å². The van der Waals surface area contributed by atoms with E-state index in [1.807, 2.05) is 36.4 Å². The molecule has 1 aliphatic heterocycles. The van der Waals surface area contributed by atoms with E-state index >= 15 is 0 Å². The van der Waals surface area contributed by atoms with Crippen LogP contribution in [0.1, 0.15) is 23.0 Å². The van der Waals surface area contributed by atoms with Crippen LogP contribution in [-0.2, 0) is 4.79 Å². The van der Waals surface area contributed by atoms with Gasteiger partial charge >= 0.3 is 0 Å². The lowest BCUT2D eigenvalue weighted by Crippen LogP contribution is -2.29. The summed E-state index contributed by atoms with van der Waals surface area (Å²) >= 11 is 3.41. The maximum absolute atomic E-state index is 12.7. The highest BCUT2D eigenvalue weighted by atomic mass is 79.9. The van der Waals surface area contributed by atoms with E-state index in [9.17, 15) is 9.59 Å². The number of imide groups is 1. The van der Waals surface area contributed by atoms with E-state index in [4.69, 9.17) is 4.42 Å². The molecule has 0 fully saturated rings. The minimum Gasteiger partial charge on any atom is -0.457 e. The molecule has 138 valence electrons. The fourth-order valence-electron chi connectivity index (χ4n) is 2.87. The largest absolute Gasteiger partial charge is 0.457 e. The first-order valence-corrected chi connectivity index (χ1v) is 9.39. The summed E-state index contributed by atoms with van der Waals surface area (Å²) < 4.78 is 6.83. The summed E-state index contributed by atoms with van der Waals surface area (Å²) in [7, 11) is 0. The third-order valence-electron chi connectivity index (χ3n) is 4.32. The number of hydrogen-bond donors (Lipinski definition) is 0. The zero-order chi connectivity index (χ0) is 19.7. The molecule has 5 nitrogen and oxygen atoms in total. The second-order valence-electron chi connectivity index (χ2n) is 6.24. The Labute approximate surface area is 170 Å². The summed E-state index contributed by atoms with van der Waals surface area (Å²) in [5.74, 6) is 0.290. The van der Waals surface area contributed by atoms with Crippen molar-refractivity contribution in [3.05, 3.63) is 88.1 Å². The highest BCUT2D eigenvalue weighted by Crippen LogP contribution is 2.26. The molecule has 0 spiro atoms. The zero-order valence-electron chi connectivity index (χ0n) is 14.9. The molecule has 4 rings (SSSR count). The van der Waals surface area contributed by atoms with Crippen molar-refractivity contribution >= 4 is 39.5 Å². The molecule has 0 N–H and O–H groups in total. The fraction of sp³-hybridized carbons (Fsp3) is 0.0455.